The van der Waals surface area contributed by atoms with E-state index in [2.05, 4.69) is 0 Å². The number of ether oxygens (including phenoxy) is 2. The third-order valence-corrected chi connectivity index (χ3v) is 10.1. The van der Waals surface area contributed by atoms with Crippen LogP contribution < -0.4 is 9.47 Å². The highest BCUT2D eigenvalue weighted by atomic mass is 32.2. The second-order valence-corrected chi connectivity index (χ2v) is 13.3. The second-order valence-electron chi connectivity index (χ2n) is 9.27. The lowest BCUT2D eigenvalue weighted by Gasteiger charge is -2.24. The molecule has 0 aliphatic rings. The van der Waals surface area contributed by atoms with Crippen LogP contribution in [0.3, 0.4) is 0 Å². The first-order chi connectivity index (χ1) is 19.6. The fourth-order valence-electron chi connectivity index (χ4n) is 4.33. The Balaban J connectivity index is 1.66. The van der Waals surface area contributed by atoms with Gasteiger partial charge in [0.2, 0.25) is 20.0 Å². The van der Waals surface area contributed by atoms with Crippen LogP contribution in [0, 0.1) is 5.82 Å². The number of hydrogen-bond donors (Lipinski definition) is 0. The summed E-state index contributed by atoms with van der Waals surface area (Å²) < 4.78 is 81.1. The molecule has 41 heavy (non-hydrogen) atoms. The molecule has 4 aromatic rings. The van der Waals surface area contributed by atoms with E-state index in [1.165, 1.54) is 78.4 Å². The maximum atomic E-state index is 13.9. The minimum absolute atomic E-state index is 0.0329. The maximum absolute atomic E-state index is 13.9. The van der Waals surface area contributed by atoms with E-state index in [1.54, 1.807) is 18.2 Å². The first kappa shape index (κ1) is 30.2. The summed E-state index contributed by atoms with van der Waals surface area (Å²) in [7, 11) is -3.60. The number of nitrogens with zero attached hydrogens (tertiary/aromatic N) is 2. The predicted molar refractivity (Wildman–Crippen MR) is 154 cm³/mol. The smallest absolute Gasteiger partial charge is 0.243 e. The van der Waals surface area contributed by atoms with Crippen molar-refractivity contribution in [1.82, 2.24) is 8.61 Å². The van der Waals surface area contributed by atoms with Gasteiger partial charge in [0, 0.05) is 32.2 Å². The molecule has 0 fully saturated rings. The Hall–Kier alpha value is -3.77. The fraction of sp³-hybridized carbons (Fsp3) is 0.200. The van der Waals surface area contributed by atoms with Gasteiger partial charge in [-0.05, 0) is 53.6 Å². The topological polar surface area (TPSA) is 93.2 Å². The summed E-state index contributed by atoms with van der Waals surface area (Å²) in [5, 5.41) is 0. The molecule has 0 aliphatic heterocycles. The van der Waals surface area contributed by atoms with Crippen LogP contribution in [0.2, 0.25) is 0 Å². The van der Waals surface area contributed by atoms with Crippen LogP contribution in [-0.4, -0.2) is 46.7 Å². The molecule has 216 valence electrons. The summed E-state index contributed by atoms with van der Waals surface area (Å²) >= 11 is 0. The van der Waals surface area contributed by atoms with Crippen LogP contribution in [0.4, 0.5) is 4.39 Å². The summed E-state index contributed by atoms with van der Waals surface area (Å²) in [5.41, 5.74) is 1.94. The van der Waals surface area contributed by atoms with E-state index in [4.69, 9.17) is 9.47 Å². The number of sulfonamides is 2. The van der Waals surface area contributed by atoms with E-state index in [0.29, 0.717) is 22.6 Å². The minimum Gasteiger partial charge on any atom is -0.493 e. The summed E-state index contributed by atoms with van der Waals surface area (Å²) in [5.74, 6) is 0.391. The molecule has 0 aliphatic carbocycles. The van der Waals surface area contributed by atoms with Crippen LogP contribution in [0.15, 0.2) is 107 Å². The summed E-state index contributed by atoms with van der Waals surface area (Å²) in [4.78, 5) is -0.124. The van der Waals surface area contributed by atoms with Crippen molar-refractivity contribution >= 4 is 20.0 Å². The standard InChI is InChI=1S/C30H31FN2O6S2/c1-32(20-23-8-5-4-6-9-23)40(34,35)27-16-18-28(19-17-27)41(36,37)33(21-24-12-14-26(31)15-13-24)22-25-10-7-11-29(38-2)30(25)39-3/h4-19H,20-22H2,1-3H3. The van der Waals surface area contributed by atoms with Crippen LogP contribution in [0.25, 0.3) is 0 Å². The zero-order valence-electron chi connectivity index (χ0n) is 22.9. The highest BCUT2D eigenvalue weighted by Gasteiger charge is 2.28. The van der Waals surface area contributed by atoms with Crippen molar-refractivity contribution in [3.8, 4) is 11.5 Å². The summed E-state index contributed by atoms with van der Waals surface area (Å²) in [6.45, 7) is 0.0137. The van der Waals surface area contributed by atoms with Gasteiger partial charge in [0.05, 0.1) is 24.0 Å². The Kier molecular flexibility index (Phi) is 9.44. The van der Waals surface area contributed by atoms with E-state index in [-0.39, 0.29) is 29.4 Å². The Morgan fingerprint density at radius 2 is 1.22 bits per heavy atom. The molecule has 0 heterocycles. The third kappa shape index (κ3) is 6.94. The fourth-order valence-corrected chi connectivity index (χ4v) is 6.89. The van der Waals surface area contributed by atoms with E-state index >= 15 is 0 Å². The van der Waals surface area contributed by atoms with Crippen molar-refractivity contribution in [2.24, 2.45) is 0 Å². The maximum Gasteiger partial charge on any atom is 0.243 e. The lowest BCUT2D eigenvalue weighted by Crippen LogP contribution is -2.30. The molecule has 8 nitrogen and oxygen atoms in total. The van der Waals surface area contributed by atoms with E-state index in [9.17, 15) is 21.2 Å². The number of para-hydroxylation sites is 1. The lowest BCUT2D eigenvalue weighted by atomic mass is 10.1. The summed E-state index contributed by atoms with van der Waals surface area (Å²) in [6, 6.07) is 25.0. The van der Waals surface area contributed by atoms with Gasteiger partial charge in [-0.3, -0.25) is 0 Å². The van der Waals surface area contributed by atoms with Gasteiger partial charge in [-0.25, -0.2) is 21.2 Å². The quantitative estimate of drug-likeness (QED) is 0.227. The van der Waals surface area contributed by atoms with Gasteiger partial charge in [-0.2, -0.15) is 8.61 Å². The largest absolute Gasteiger partial charge is 0.493 e. The number of rotatable bonds is 12. The zero-order valence-corrected chi connectivity index (χ0v) is 24.5. The number of hydrogen-bond acceptors (Lipinski definition) is 6. The highest BCUT2D eigenvalue weighted by molar-refractivity contribution is 7.89. The van der Waals surface area contributed by atoms with Crippen molar-refractivity contribution in [3.63, 3.8) is 0 Å². The molecule has 0 atom stereocenters. The molecule has 0 amide bonds. The van der Waals surface area contributed by atoms with Crippen molar-refractivity contribution < 1.29 is 30.7 Å². The molecule has 0 N–H and O–H groups in total. The molecule has 0 radical (unpaired) electrons. The Morgan fingerprint density at radius 1 is 0.634 bits per heavy atom. The second kappa shape index (κ2) is 12.8. The van der Waals surface area contributed by atoms with Gasteiger partial charge >= 0.3 is 0 Å². The van der Waals surface area contributed by atoms with E-state index in [0.717, 1.165) is 5.56 Å². The van der Waals surface area contributed by atoms with E-state index < -0.39 is 25.9 Å². The molecule has 0 spiro atoms. The van der Waals surface area contributed by atoms with Crippen molar-refractivity contribution in [1.29, 1.82) is 0 Å². The normalized spacial score (nSPS) is 12.0. The zero-order chi connectivity index (χ0) is 29.6. The van der Waals surface area contributed by atoms with Gasteiger partial charge in [0.25, 0.3) is 0 Å². The van der Waals surface area contributed by atoms with Crippen LogP contribution in [-0.2, 0) is 39.7 Å². The molecule has 0 saturated carbocycles. The number of methoxy groups -OCH3 is 2. The van der Waals surface area contributed by atoms with Gasteiger partial charge in [-0.1, -0.05) is 54.6 Å². The average molecular weight is 599 g/mol. The Bertz CT molecular complexity index is 1680. The van der Waals surface area contributed by atoms with Crippen molar-refractivity contribution in [2.75, 3.05) is 21.3 Å². The predicted octanol–water partition coefficient (Wildman–Crippen LogP) is 5.05. The molecular weight excluding hydrogens is 567 g/mol. The molecule has 0 unspecified atom stereocenters. The lowest BCUT2D eigenvalue weighted by molar-refractivity contribution is 0.341. The molecular formula is C30H31FN2O6S2. The number of benzene rings is 4. The van der Waals surface area contributed by atoms with Gasteiger partial charge in [-0.15, -0.1) is 0 Å². The molecule has 4 rings (SSSR count). The van der Waals surface area contributed by atoms with Gasteiger partial charge in [0.1, 0.15) is 5.82 Å². The Morgan fingerprint density at radius 3 is 1.80 bits per heavy atom. The summed E-state index contributed by atoms with van der Waals surface area (Å²) in [6.07, 6.45) is 0. The Labute approximate surface area is 240 Å². The third-order valence-electron chi connectivity index (χ3n) is 6.52. The van der Waals surface area contributed by atoms with Crippen LogP contribution >= 0.6 is 0 Å². The average Bonchev–Trinajstić information content (AvgIpc) is 2.98. The first-order valence-electron chi connectivity index (χ1n) is 12.6. The van der Waals surface area contributed by atoms with E-state index in [1.807, 2.05) is 30.3 Å². The molecule has 4 aromatic carbocycles. The van der Waals surface area contributed by atoms with Gasteiger partial charge in [0.15, 0.2) is 11.5 Å². The molecule has 0 aromatic heterocycles. The van der Waals surface area contributed by atoms with Crippen LogP contribution in [0.1, 0.15) is 16.7 Å². The molecule has 0 saturated heterocycles. The monoisotopic (exact) mass is 598 g/mol. The molecule has 11 heteroatoms. The highest BCUT2D eigenvalue weighted by Crippen LogP contribution is 2.33. The van der Waals surface area contributed by atoms with Crippen LogP contribution in [0.5, 0.6) is 11.5 Å². The first-order valence-corrected chi connectivity index (χ1v) is 15.5. The minimum atomic E-state index is -4.15. The number of halogens is 1. The van der Waals surface area contributed by atoms with Crippen molar-refractivity contribution in [2.45, 2.75) is 29.4 Å². The van der Waals surface area contributed by atoms with Gasteiger partial charge < -0.3 is 9.47 Å². The van der Waals surface area contributed by atoms with Crippen molar-refractivity contribution in [3.05, 3.63) is 120 Å². The molecule has 0 bridgehead atoms. The SMILES string of the molecule is COc1cccc(CN(Cc2ccc(F)cc2)S(=O)(=O)c2ccc(S(=O)(=O)N(C)Cc3ccccc3)cc2)c1OC.